The summed E-state index contributed by atoms with van der Waals surface area (Å²) in [6.07, 6.45) is 3.11. The molecule has 0 saturated heterocycles. The monoisotopic (exact) mass is 1200 g/mol. The van der Waals surface area contributed by atoms with Crippen molar-refractivity contribution in [2.24, 2.45) is 0 Å². The Morgan fingerprint density at radius 2 is 0.809 bits per heavy atom. The molecule has 1 N–H and O–H groups in total. The molecule has 0 saturated carbocycles. The highest BCUT2D eigenvalue weighted by atomic mass is 35.5. The first kappa shape index (κ1) is 55.1. The van der Waals surface area contributed by atoms with Crippen molar-refractivity contribution in [3.8, 4) is 61.5 Å². The molecule has 0 fully saturated rings. The third kappa shape index (κ3) is 9.96. The Morgan fingerprint density at radius 3 is 1.37 bits per heavy atom. The molecule has 6 aromatic heterocycles. The van der Waals surface area contributed by atoms with Gasteiger partial charge in [-0.1, -0.05) is 219 Å². The van der Waals surface area contributed by atoms with E-state index in [1.807, 2.05) is 77.3 Å². The van der Waals surface area contributed by atoms with Crippen LogP contribution < -0.4 is 4.65 Å². The van der Waals surface area contributed by atoms with Crippen LogP contribution in [-0.4, -0.2) is 32.6 Å². The second-order valence-electron chi connectivity index (χ2n) is 21.3. The number of halogens is 1. The highest BCUT2D eigenvalue weighted by Gasteiger charge is 2.19. The van der Waals surface area contributed by atoms with Crippen molar-refractivity contribution in [3.05, 3.63) is 273 Å². The second kappa shape index (κ2) is 23.3. The Morgan fingerprint density at radius 1 is 0.382 bits per heavy atom. The lowest BCUT2D eigenvalue weighted by atomic mass is 9.96. The van der Waals surface area contributed by atoms with Gasteiger partial charge in [0, 0.05) is 45.9 Å². The molecule has 89 heavy (non-hydrogen) atoms. The Labute approximate surface area is 524 Å². The molecule has 12 heteroatoms. The van der Waals surface area contributed by atoms with Crippen LogP contribution in [0.15, 0.2) is 276 Å². The molecule has 423 valence electrons. The molecule has 0 bridgehead atoms. The van der Waals surface area contributed by atoms with E-state index in [0.29, 0.717) is 29.8 Å². The van der Waals surface area contributed by atoms with Gasteiger partial charge in [0.1, 0.15) is 46.3 Å². The zero-order chi connectivity index (χ0) is 58.7. The molecular weight excluding hydrogens is 1160 g/mol. The molecule has 0 aliphatic carbocycles. The molecule has 0 amide bonds. The van der Waals surface area contributed by atoms with E-state index in [4.69, 9.17) is 35.1 Å². The molecule has 1 radical (unpaired) electrons. The third-order valence-electron chi connectivity index (χ3n) is 16.2. The molecule has 6 heterocycles. The average Bonchev–Trinajstić information content (AvgIpc) is 1.89. The van der Waals surface area contributed by atoms with Crippen molar-refractivity contribution in [3.63, 3.8) is 0 Å². The largest absolute Gasteiger partial charge is 0.569 e. The van der Waals surface area contributed by atoms with E-state index in [2.05, 4.69) is 215 Å². The lowest BCUT2D eigenvalue weighted by Crippen LogP contribution is -1.99. The van der Waals surface area contributed by atoms with Gasteiger partial charge in [0.05, 0.1) is 10.8 Å². The number of hydrogen-bond acceptors (Lipinski definition) is 10. The molecule has 0 unspecified atom stereocenters. The first-order valence-electron chi connectivity index (χ1n) is 28.6. The number of rotatable bonds is 7. The average molecular weight is 1200 g/mol. The van der Waals surface area contributed by atoms with Crippen LogP contribution >= 0.6 is 34.3 Å². The number of benzene rings is 12. The number of furan rings is 2. The molecule has 18 aromatic rings. The van der Waals surface area contributed by atoms with Gasteiger partial charge in [0.25, 0.3) is 0 Å². The Hall–Kier alpha value is -10.5. The van der Waals surface area contributed by atoms with Crippen LogP contribution in [0.2, 0.25) is 5.15 Å². The van der Waals surface area contributed by atoms with Gasteiger partial charge in [-0.15, -0.1) is 22.7 Å². The predicted octanol–water partition coefficient (Wildman–Crippen LogP) is 22.0. The van der Waals surface area contributed by atoms with Crippen molar-refractivity contribution in [2.45, 2.75) is 7.43 Å². The summed E-state index contributed by atoms with van der Waals surface area (Å²) in [6, 6.07) is 88.6. The van der Waals surface area contributed by atoms with Gasteiger partial charge in [0.2, 0.25) is 0 Å². The van der Waals surface area contributed by atoms with E-state index < -0.39 is 0 Å². The van der Waals surface area contributed by atoms with Crippen molar-refractivity contribution in [1.29, 1.82) is 0 Å². The van der Waals surface area contributed by atoms with E-state index in [1.54, 1.807) is 6.33 Å². The minimum absolute atomic E-state index is 0. The van der Waals surface area contributed by atoms with Crippen LogP contribution in [0.4, 0.5) is 0 Å². The van der Waals surface area contributed by atoms with Crippen molar-refractivity contribution in [2.75, 3.05) is 0 Å². The topological polar surface area (TPSA) is 107 Å². The summed E-state index contributed by atoms with van der Waals surface area (Å²) < 4.78 is 22.5. The smallest absolute Gasteiger partial charge is 0.537 e. The van der Waals surface area contributed by atoms with Gasteiger partial charge in [-0.3, -0.25) is 0 Å². The molecule has 18 rings (SSSR count). The maximum Gasteiger partial charge on any atom is 0.569 e. The molecule has 0 spiro atoms. The van der Waals surface area contributed by atoms with Gasteiger partial charge in [-0.05, 0) is 121 Å². The summed E-state index contributed by atoms with van der Waals surface area (Å²) in [4.78, 5) is 17.6. The fraction of sp³-hybridized carbons (Fsp3) is 0.0130. The number of aromatic nitrogens is 4. The quantitative estimate of drug-likeness (QED) is 0.124. The van der Waals surface area contributed by atoms with Gasteiger partial charge in [-0.25, -0.2) is 19.9 Å². The highest BCUT2D eigenvalue weighted by Crippen LogP contribution is 2.44. The summed E-state index contributed by atoms with van der Waals surface area (Å²) >= 11 is 9.74. The summed E-state index contributed by atoms with van der Waals surface area (Å²) in [5, 5.41) is 21.1. The molecular formula is C77H49BClN4O4S2. The fourth-order valence-electron chi connectivity index (χ4n) is 12.2. The Balaban J connectivity index is 0.000000121. The molecule has 12 aromatic carbocycles. The molecule has 8 nitrogen and oxygen atoms in total. The van der Waals surface area contributed by atoms with Crippen LogP contribution in [0, 0.1) is 0 Å². The minimum atomic E-state index is 0. The minimum Gasteiger partial charge on any atom is -0.537 e. The van der Waals surface area contributed by atoms with Gasteiger partial charge in [0.15, 0.2) is 16.3 Å². The fourth-order valence-corrected chi connectivity index (χ4v) is 14.8. The van der Waals surface area contributed by atoms with Crippen LogP contribution in [0.3, 0.4) is 0 Å². The lowest BCUT2D eigenvalue weighted by Gasteiger charge is -2.09. The van der Waals surface area contributed by atoms with Crippen molar-refractivity contribution in [1.82, 2.24) is 19.9 Å². The number of nitrogens with zero attached hydrogens (tertiary/aromatic N) is 4. The number of fused-ring (bicyclic) bond motifs is 16. The number of thiophene rings is 2. The van der Waals surface area contributed by atoms with E-state index in [0.717, 1.165) is 82.6 Å². The summed E-state index contributed by atoms with van der Waals surface area (Å²) in [5.41, 5.74) is 15.6. The van der Waals surface area contributed by atoms with Crippen LogP contribution in [-0.2, 0) is 0 Å². The van der Waals surface area contributed by atoms with Gasteiger partial charge in [-0.2, -0.15) is 0 Å². The maximum absolute atomic E-state index is 8.89. The zero-order valence-electron chi connectivity index (χ0n) is 46.6. The third-order valence-corrected chi connectivity index (χ3v) is 18.9. The van der Waals surface area contributed by atoms with E-state index in [1.165, 1.54) is 74.3 Å². The zero-order valence-corrected chi connectivity index (χ0v) is 49.0. The highest BCUT2D eigenvalue weighted by molar-refractivity contribution is 7.26. The van der Waals surface area contributed by atoms with Crippen LogP contribution in [0.1, 0.15) is 7.43 Å². The normalized spacial score (nSPS) is 11.4. The first-order valence-corrected chi connectivity index (χ1v) is 30.6. The summed E-state index contributed by atoms with van der Waals surface area (Å²) in [5.74, 6) is 0.608. The summed E-state index contributed by atoms with van der Waals surface area (Å²) in [6.45, 7) is 0. The van der Waals surface area contributed by atoms with Crippen LogP contribution in [0.5, 0.6) is 5.75 Å². The Kier molecular flexibility index (Phi) is 14.4. The van der Waals surface area contributed by atoms with E-state index >= 15 is 0 Å². The Bertz CT molecular complexity index is 5740. The van der Waals surface area contributed by atoms with Crippen LogP contribution in [0.25, 0.3) is 162 Å². The maximum atomic E-state index is 8.89. The predicted molar refractivity (Wildman–Crippen MR) is 373 cm³/mol. The first-order chi connectivity index (χ1) is 43.5. The van der Waals surface area contributed by atoms with Gasteiger partial charge >= 0.3 is 7.69 Å². The summed E-state index contributed by atoms with van der Waals surface area (Å²) in [7, 11) is 0.706. The van der Waals surface area contributed by atoms with Crippen molar-refractivity contribution < 1.29 is 18.5 Å². The standard InChI is InChI=1S/C38H22N2OS.C24H16BO2S.C14H7ClN2O.CH4/c1-2-13-28-23(8-1)18-19-32-34(28)36-37(41-32)35(39-22-40-36)27-12-6-10-25(21-27)24-9-5-11-26(20-24)29-15-7-16-31-30-14-3-4-17-33(30)42-38(29)31;26-25-27-19-9-4-7-17(15-19)16-6-3-8-18(14-16)20-11-5-12-22-21-10-1-2-13-23(21)28-24(20)22;15-14-13-12(16-7-17-14)11-9-4-2-1-3-8(9)5-6-10(11)18-13;/h1-22H;1-15,26H;1-7H;1H4. The molecule has 0 aliphatic heterocycles. The van der Waals surface area contributed by atoms with Crippen molar-refractivity contribution >= 4 is 148 Å². The number of hydrogen-bond donors (Lipinski definition) is 1. The lowest BCUT2D eigenvalue weighted by molar-refractivity contribution is 0.454. The SMILES string of the molecule is C.Clc1ncnc2c1oc1ccc3ccccc3c12.O[B]Oc1cccc(-c2cccc(-c3cccc4c3sc3ccccc34)c2)c1.c1cc(-c2cccc(-c3cccc4c3sc3ccccc34)c2)cc(-c2ncnc3c2oc2ccc4ccccc4c23)c1. The molecule has 0 atom stereocenters. The van der Waals surface area contributed by atoms with E-state index in [-0.39, 0.29) is 7.43 Å². The second-order valence-corrected chi connectivity index (χ2v) is 23.8. The van der Waals surface area contributed by atoms with E-state index in [9.17, 15) is 0 Å². The van der Waals surface area contributed by atoms with Gasteiger partial charge < -0.3 is 18.5 Å². The molecule has 0 aliphatic rings.